The number of aliphatic carboxylic acids is 2. The predicted octanol–water partition coefficient (Wildman–Crippen LogP) is 8.89. The Labute approximate surface area is 319 Å². The van der Waals surface area contributed by atoms with Crippen molar-refractivity contribution >= 4 is 29.4 Å². The number of carboxylic acid groups (broad SMARTS) is 2. The fourth-order valence-electron chi connectivity index (χ4n) is 7.54. The van der Waals surface area contributed by atoms with Gasteiger partial charge in [0.1, 0.15) is 0 Å². The molecule has 0 bridgehead atoms. The van der Waals surface area contributed by atoms with Gasteiger partial charge in [0, 0.05) is 11.2 Å². The number of carbonyl (C=O) groups is 4. The molecule has 5 rings (SSSR count). The lowest BCUT2D eigenvalue weighted by Gasteiger charge is -2.46. The van der Waals surface area contributed by atoms with Gasteiger partial charge in [0.05, 0.1) is 23.7 Å². The number of hydrogen-bond acceptors (Lipinski definition) is 4. The van der Waals surface area contributed by atoms with E-state index in [2.05, 4.69) is 104 Å². The van der Waals surface area contributed by atoms with E-state index in [4.69, 9.17) is 0 Å². The predicted molar refractivity (Wildman–Crippen MR) is 213 cm³/mol. The summed E-state index contributed by atoms with van der Waals surface area (Å²) in [5.74, 6) is -9.76. The Balaban J connectivity index is 1.19. The van der Waals surface area contributed by atoms with Gasteiger partial charge in [-0.3, -0.25) is 19.2 Å². The molecule has 0 radical (unpaired) electrons. The molecule has 0 spiro atoms. The van der Waals surface area contributed by atoms with Crippen LogP contribution in [0.5, 0.6) is 0 Å². The smallest absolute Gasteiger partial charge is 0.308 e. The topological polar surface area (TPSA) is 133 Å². The van der Waals surface area contributed by atoms with Gasteiger partial charge in [0.25, 0.3) is 0 Å². The fraction of sp³-hybridized carbons (Fsp3) is 0.391. The van der Waals surface area contributed by atoms with Crippen LogP contribution in [-0.2, 0) is 37.4 Å². The minimum absolute atomic E-state index is 0.224. The molecular formula is C46H54N2O6. The van der Waals surface area contributed by atoms with E-state index in [9.17, 15) is 29.4 Å². The Morgan fingerprint density at radius 1 is 0.519 bits per heavy atom. The summed E-state index contributed by atoms with van der Waals surface area (Å²) in [6.45, 7) is 12.5. The van der Waals surface area contributed by atoms with Crippen LogP contribution in [0.2, 0.25) is 0 Å². The SMILES string of the molecule is CCC(C)(CC)NC(=O)C1C(C(=O)O)C(C(=O)O)C1C(=O)Nc1ccc(Cc2ccc(-c3ccc(Cc4ccc(C(C)(CC)CC)cc4)cc3)cc2)cc1. The van der Waals surface area contributed by atoms with Crippen molar-refractivity contribution < 1.29 is 29.4 Å². The van der Waals surface area contributed by atoms with Crippen molar-refractivity contribution in [3.8, 4) is 11.1 Å². The molecule has 0 saturated heterocycles. The Hall–Kier alpha value is -5.24. The molecule has 2 amide bonds. The van der Waals surface area contributed by atoms with Crippen LogP contribution in [0.25, 0.3) is 11.1 Å². The van der Waals surface area contributed by atoms with E-state index in [1.54, 1.807) is 12.1 Å². The summed E-state index contributed by atoms with van der Waals surface area (Å²) >= 11 is 0. The summed E-state index contributed by atoms with van der Waals surface area (Å²) in [4.78, 5) is 50.9. The molecule has 0 aliphatic heterocycles. The summed E-state index contributed by atoms with van der Waals surface area (Å²) < 4.78 is 0. The van der Waals surface area contributed by atoms with Crippen LogP contribution in [-0.4, -0.2) is 39.5 Å². The van der Waals surface area contributed by atoms with Gasteiger partial charge in [-0.15, -0.1) is 0 Å². The van der Waals surface area contributed by atoms with Crippen molar-refractivity contribution in [1.29, 1.82) is 0 Å². The first kappa shape index (κ1) is 40.0. The second kappa shape index (κ2) is 16.8. The van der Waals surface area contributed by atoms with Crippen LogP contribution < -0.4 is 10.6 Å². The highest BCUT2D eigenvalue weighted by atomic mass is 16.4. The molecule has 0 aromatic heterocycles. The normalized spacial score (nSPS) is 18.3. The zero-order chi connectivity index (χ0) is 39.2. The molecule has 4 unspecified atom stereocenters. The number of carboxylic acids is 2. The average Bonchev–Trinajstić information content (AvgIpc) is 3.15. The number of benzene rings is 4. The van der Waals surface area contributed by atoms with Gasteiger partial charge in [-0.05, 0) is 102 Å². The minimum Gasteiger partial charge on any atom is -0.481 e. The molecule has 1 saturated carbocycles. The van der Waals surface area contributed by atoms with Gasteiger partial charge in [-0.25, -0.2) is 0 Å². The maximum Gasteiger partial charge on any atom is 0.308 e. The Bertz CT molecular complexity index is 1930. The van der Waals surface area contributed by atoms with E-state index in [-0.39, 0.29) is 5.41 Å². The highest BCUT2D eigenvalue weighted by Gasteiger charge is 2.64. The third kappa shape index (κ3) is 8.75. The first-order valence-electron chi connectivity index (χ1n) is 19.2. The maximum atomic E-state index is 13.4. The van der Waals surface area contributed by atoms with Gasteiger partial charge in [0.2, 0.25) is 11.8 Å². The quantitative estimate of drug-likeness (QED) is 0.0911. The van der Waals surface area contributed by atoms with Crippen molar-refractivity contribution in [3.63, 3.8) is 0 Å². The van der Waals surface area contributed by atoms with Crippen LogP contribution in [0.1, 0.15) is 95.0 Å². The highest BCUT2D eigenvalue weighted by Crippen LogP contribution is 2.48. The molecular weight excluding hydrogens is 677 g/mol. The van der Waals surface area contributed by atoms with Crippen LogP contribution in [0, 0.1) is 23.7 Å². The summed E-state index contributed by atoms with van der Waals surface area (Å²) in [7, 11) is 0. The van der Waals surface area contributed by atoms with Gasteiger partial charge in [-0.2, -0.15) is 0 Å². The Kier molecular flexibility index (Phi) is 12.5. The first-order valence-corrected chi connectivity index (χ1v) is 19.2. The van der Waals surface area contributed by atoms with E-state index in [1.807, 2.05) is 32.9 Å². The second-order valence-electron chi connectivity index (χ2n) is 15.4. The lowest BCUT2D eigenvalue weighted by Crippen LogP contribution is -2.64. The minimum atomic E-state index is -1.51. The zero-order valence-corrected chi connectivity index (χ0v) is 32.3. The Morgan fingerprint density at radius 3 is 1.26 bits per heavy atom. The number of amides is 2. The number of carbonyl (C=O) groups excluding carboxylic acids is 2. The molecule has 4 atom stereocenters. The van der Waals surface area contributed by atoms with Crippen molar-refractivity contribution in [2.75, 3.05) is 5.32 Å². The standard InChI is InChI=1S/C46H54N2O6/c1-7-45(5,8-2)35-23-15-31(16-24-35)27-29-11-19-33(20-12-29)34-21-13-30(14-22-34)28-32-17-25-36(26-18-32)47-41(49)37-38(40(44(53)54)39(37)43(51)52)42(50)48-46(6,9-3)10-4/h11-26,37-40H,7-10,27-28H2,1-6H3,(H,47,49)(H,48,50)(H,51,52)(H,53,54). The van der Waals surface area contributed by atoms with Crippen molar-refractivity contribution in [2.24, 2.45) is 23.7 Å². The monoisotopic (exact) mass is 730 g/mol. The zero-order valence-electron chi connectivity index (χ0n) is 32.3. The van der Waals surface area contributed by atoms with Crippen LogP contribution in [0.15, 0.2) is 97.1 Å². The lowest BCUT2D eigenvalue weighted by atomic mass is 9.55. The van der Waals surface area contributed by atoms with E-state index in [0.717, 1.165) is 41.5 Å². The Morgan fingerprint density at radius 2 is 0.889 bits per heavy atom. The van der Waals surface area contributed by atoms with Crippen molar-refractivity contribution in [1.82, 2.24) is 5.32 Å². The van der Waals surface area contributed by atoms with Gasteiger partial charge < -0.3 is 20.8 Å². The van der Waals surface area contributed by atoms with Crippen LogP contribution in [0.4, 0.5) is 5.69 Å². The molecule has 1 fully saturated rings. The summed E-state index contributed by atoms with van der Waals surface area (Å²) in [5.41, 5.74) is 8.46. The molecule has 1 aliphatic rings. The third-order valence-corrected chi connectivity index (χ3v) is 12.2. The summed E-state index contributed by atoms with van der Waals surface area (Å²) in [6, 6.07) is 33.5. The van der Waals surface area contributed by atoms with Crippen molar-refractivity contribution in [2.45, 2.75) is 91.0 Å². The molecule has 0 heterocycles. The third-order valence-electron chi connectivity index (χ3n) is 12.2. The summed E-state index contributed by atoms with van der Waals surface area (Å²) in [5, 5.41) is 25.3. The first-order chi connectivity index (χ1) is 25.7. The van der Waals surface area contributed by atoms with Gasteiger partial charge >= 0.3 is 11.9 Å². The molecule has 1 aliphatic carbocycles. The molecule has 284 valence electrons. The van der Waals surface area contributed by atoms with E-state index < -0.39 is 53.0 Å². The molecule has 4 N–H and O–H groups in total. The maximum absolute atomic E-state index is 13.4. The average molecular weight is 731 g/mol. The van der Waals surface area contributed by atoms with Gasteiger partial charge in [0.15, 0.2) is 0 Å². The van der Waals surface area contributed by atoms with Crippen LogP contribution >= 0.6 is 0 Å². The number of hydrogen-bond donors (Lipinski definition) is 4. The molecule has 4 aromatic carbocycles. The second-order valence-corrected chi connectivity index (χ2v) is 15.4. The highest BCUT2D eigenvalue weighted by molar-refractivity contribution is 6.04. The fourth-order valence-corrected chi connectivity index (χ4v) is 7.54. The summed E-state index contributed by atoms with van der Waals surface area (Å²) in [6.07, 6.45) is 5.00. The van der Waals surface area contributed by atoms with Crippen LogP contribution in [0.3, 0.4) is 0 Å². The lowest BCUT2D eigenvalue weighted by molar-refractivity contribution is -0.180. The van der Waals surface area contributed by atoms with Gasteiger partial charge in [-0.1, -0.05) is 120 Å². The molecule has 8 nitrogen and oxygen atoms in total. The number of rotatable bonds is 16. The number of nitrogens with one attached hydrogen (secondary N) is 2. The van der Waals surface area contributed by atoms with E-state index >= 15 is 0 Å². The van der Waals surface area contributed by atoms with Crippen molar-refractivity contribution in [3.05, 3.63) is 125 Å². The molecule has 8 heteroatoms. The largest absolute Gasteiger partial charge is 0.481 e. The molecule has 4 aromatic rings. The van der Waals surface area contributed by atoms with E-state index in [0.29, 0.717) is 24.9 Å². The molecule has 54 heavy (non-hydrogen) atoms. The van der Waals surface area contributed by atoms with E-state index in [1.165, 1.54) is 16.7 Å². The number of anilines is 1.